The number of para-hydroxylation sites is 2. The van der Waals surface area contributed by atoms with Crippen molar-refractivity contribution in [2.75, 3.05) is 22.5 Å². The van der Waals surface area contributed by atoms with Gasteiger partial charge in [0.1, 0.15) is 0 Å². The van der Waals surface area contributed by atoms with Crippen molar-refractivity contribution in [1.82, 2.24) is 0 Å². The number of hydrogen-bond acceptors (Lipinski definition) is 3. The van der Waals surface area contributed by atoms with Gasteiger partial charge in [-0.05, 0) is 43.2 Å². The molecule has 5 nitrogen and oxygen atoms in total. The predicted molar refractivity (Wildman–Crippen MR) is 95.9 cm³/mol. The van der Waals surface area contributed by atoms with Gasteiger partial charge < -0.3 is 16.0 Å². The Kier molecular flexibility index (Phi) is 4.25. The highest BCUT2D eigenvalue weighted by Crippen LogP contribution is 2.30. The lowest BCUT2D eigenvalue weighted by atomic mass is 10.1. The van der Waals surface area contributed by atoms with Crippen LogP contribution in [0, 0.1) is 19.8 Å². The normalized spacial score (nSPS) is 17.2. The van der Waals surface area contributed by atoms with Gasteiger partial charge >= 0.3 is 0 Å². The number of nitrogen functional groups attached to an aromatic ring is 1. The highest BCUT2D eigenvalue weighted by Gasteiger charge is 2.35. The summed E-state index contributed by atoms with van der Waals surface area (Å²) in [6.45, 7) is 4.40. The van der Waals surface area contributed by atoms with Crippen molar-refractivity contribution in [2.24, 2.45) is 5.92 Å². The number of hydrogen-bond donors (Lipinski definition) is 2. The Morgan fingerprint density at radius 3 is 2.67 bits per heavy atom. The lowest BCUT2D eigenvalue weighted by Gasteiger charge is -2.20. The summed E-state index contributed by atoms with van der Waals surface area (Å²) < 4.78 is 0. The van der Waals surface area contributed by atoms with E-state index in [0.717, 1.165) is 16.8 Å². The molecule has 124 valence electrons. The van der Waals surface area contributed by atoms with Crippen LogP contribution in [0.1, 0.15) is 17.5 Å². The largest absolute Gasteiger partial charge is 0.397 e. The fourth-order valence-electron chi connectivity index (χ4n) is 2.99. The van der Waals surface area contributed by atoms with Gasteiger partial charge in [0, 0.05) is 18.7 Å². The molecule has 1 atom stereocenters. The lowest BCUT2D eigenvalue weighted by Crippen LogP contribution is -2.28. The smallest absolute Gasteiger partial charge is 0.229 e. The Morgan fingerprint density at radius 1 is 1.17 bits per heavy atom. The molecule has 3 rings (SSSR count). The first-order valence-corrected chi connectivity index (χ1v) is 7.99. The van der Waals surface area contributed by atoms with Crippen LogP contribution in [0.4, 0.5) is 17.1 Å². The summed E-state index contributed by atoms with van der Waals surface area (Å²) in [4.78, 5) is 26.6. The second-order valence-electron chi connectivity index (χ2n) is 6.20. The summed E-state index contributed by atoms with van der Waals surface area (Å²) >= 11 is 0. The first-order chi connectivity index (χ1) is 11.5. The van der Waals surface area contributed by atoms with E-state index in [1.165, 1.54) is 0 Å². The van der Waals surface area contributed by atoms with E-state index in [9.17, 15) is 9.59 Å². The number of aryl methyl sites for hydroxylation is 1. The Morgan fingerprint density at radius 2 is 1.92 bits per heavy atom. The number of carbonyl (C=O) groups is 2. The van der Waals surface area contributed by atoms with Crippen LogP contribution in [0.25, 0.3) is 0 Å². The summed E-state index contributed by atoms with van der Waals surface area (Å²) in [7, 11) is 0. The maximum absolute atomic E-state index is 12.5. The standard InChI is InChI=1S/C19H21N3O2/c1-12-6-5-9-17(13(12)2)22-11-14(10-18(22)23)19(24)21-16-8-4-3-7-15(16)20/h3-9,14H,10-11,20H2,1-2H3,(H,21,24). The van der Waals surface area contributed by atoms with Crippen LogP contribution in [0.3, 0.4) is 0 Å². The van der Waals surface area contributed by atoms with Crippen molar-refractivity contribution in [3.63, 3.8) is 0 Å². The predicted octanol–water partition coefficient (Wildman–Crippen LogP) is 2.88. The van der Waals surface area contributed by atoms with E-state index in [2.05, 4.69) is 5.32 Å². The van der Waals surface area contributed by atoms with Crippen LogP contribution < -0.4 is 16.0 Å². The van der Waals surface area contributed by atoms with Crippen molar-refractivity contribution < 1.29 is 9.59 Å². The van der Waals surface area contributed by atoms with Crippen LogP contribution in [0.15, 0.2) is 42.5 Å². The zero-order valence-electron chi connectivity index (χ0n) is 13.9. The maximum atomic E-state index is 12.5. The highest BCUT2D eigenvalue weighted by molar-refractivity contribution is 6.04. The monoisotopic (exact) mass is 323 g/mol. The number of amides is 2. The van der Waals surface area contributed by atoms with Crippen LogP contribution in [0.5, 0.6) is 0 Å². The molecule has 0 spiro atoms. The molecule has 1 aliphatic rings. The molecule has 2 aromatic carbocycles. The second kappa shape index (κ2) is 6.35. The summed E-state index contributed by atoms with van der Waals surface area (Å²) in [6.07, 6.45) is 0.214. The quantitative estimate of drug-likeness (QED) is 0.853. The Labute approximate surface area is 141 Å². The van der Waals surface area contributed by atoms with Gasteiger partial charge in [0.2, 0.25) is 11.8 Å². The number of nitrogens with one attached hydrogen (secondary N) is 1. The molecular weight excluding hydrogens is 302 g/mol. The molecule has 0 radical (unpaired) electrons. The summed E-state index contributed by atoms with van der Waals surface area (Å²) in [5.74, 6) is -0.573. The number of anilines is 3. The van der Waals surface area contributed by atoms with Crippen molar-refractivity contribution in [3.8, 4) is 0 Å². The van der Waals surface area contributed by atoms with Crippen molar-refractivity contribution >= 4 is 28.9 Å². The third kappa shape index (κ3) is 2.97. The van der Waals surface area contributed by atoms with Gasteiger partial charge in [0.05, 0.1) is 17.3 Å². The molecule has 0 saturated carbocycles. The average molecular weight is 323 g/mol. The first kappa shape index (κ1) is 16.1. The zero-order chi connectivity index (χ0) is 17.3. The average Bonchev–Trinajstić information content (AvgIpc) is 2.94. The molecule has 2 amide bonds. The molecular formula is C19H21N3O2. The second-order valence-corrected chi connectivity index (χ2v) is 6.20. The molecule has 1 aliphatic heterocycles. The molecule has 1 saturated heterocycles. The fraction of sp³-hybridized carbons (Fsp3) is 0.263. The highest BCUT2D eigenvalue weighted by atomic mass is 16.2. The van der Waals surface area contributed by atoms with Crippen molar-refractivity contribution in [2.45, 2.75) is 20.3 Å². The van der Waals surface area contributed by atoms with Crippen LogP contribution in [0.2, 0.25) is 0 Å². The molecule has 1 unspecified atom stereocenters. The van der Waals surface area contributed by atoms with E-state index >= 15 is 0 Å². The van der Waals surface area contributed by atoms with Gasteiger partial charge in [-0.1, -0.05) is 24.3 Å². The maximum Gasteiger partial charge on any atom is 0.229 e. The minimum atomic E-state index is -0.378. The third-order valence-corrected chi connectivity index (χ3v) is 4.58. The number of carbonyl (C=O) groups excluding carboxylic acids is 2. The van der Waals surface area contributed by atoms with Gasteiger partial charge in [-0.2, -0.15) is 0 Å². The number of rotatable bonds is 3. The van der Waals surface area contributed by atoms with Gasteiger partial charge in [-0.25, -0.2) is 0 Å². The topological polar surface area (TPSA) is 75.4 Å². The van der Waals surface area contributed by atoms with Gasteiger partial charge in [-0.15, -0.1) is 0 Å². The van der Waals surface area contributed by atoms with E-state index in [4.69, 9.17) is 5.73 Å². The summed E-state index contributed by atoms with van der Waals surface area (Å²) in [6, 6.07) is 13.0. The van der Waals surface area contributed by atoms with Gasteiger partial charge in [0.15, 0.2) is 0 Å². The molecule has 5 heteroatoms. The number of benzene rings is 2. The van der Waals surface area contributed by atoms with E-state index in [1.807, 2.05) is 44.2 Å². The molecule has 1 heterocycles. The summed E-state index contributed by atoms with van der Waals surface area (Å²) in [5, 5.41) is 2.83. The first-order valence-electron chi connectivity index (χ1n) is 7.99. The zero-order valence-corrected chi connectivity index (χ0v) is 13.9. The molecule has 0 aromatic heterocycles. The van der Waals surface area contributed by atoms with Gasteiger partial charge in [0.25, 0.3) is 0 Å². The summed E-state index contributed by atoms with van der Waals surface area (Å²) in [5.41, 5.74) is 10.0. The Hall–Kier alpha value is -2.82. The minimum absolute atomic E-state index is 0.0233. The third-order valence-electron chi connectivity index (χ3n) is 4.58. The fourth-order valence-corrected chi connectivity index (χ4v) is 2.99. The Balaban J connectivity index is 1.76. The lowest BCUT2D eigenvalue weighted by molar-refractivity contribution is -0.122. The van der Waals surface area contributed by atoms with Crippen LogP contribution in [-0.2, 0) is 9.59 Å². The molecule has 2 aromatic rings. The van der Waals surface area contributed by atoms with Crippen molar-refractivity contribution in [3.05, 3.63) is 53.6 Å². The number of nitrogens with two attached hydrogens (primary N) is 1. The molecule has 0 aliphatic carbocycles. The van der Waals surface area contributed by atoms with E-state index < -0.39 is 0 Å². The molecule has 0 bridgehead atoms. The van der Waals surface area contributed by atoms with E-state index in [0.29, 0.717) is 17.9 Å². The van der Waals surface area contributed by atoms with Gasteiger partial charge in [-0.3, -0.25) is 9.59 Å². The van der Waals surface area contributed by atoms with E-state index in [-0.39, 0.29) is 24.2 Å². The SMILES string of the molecule is Cc1cccc(N2CC(C(=O)Nc3ccccc3N)CC2=O)c1C. The minimum Gasteiger partial charge on any atom is -0.397 e. The molecule has 3 N–H and O–H groups in total. The van der Waals surface area contributed by atoms with Crippen LogP contribution >= 0.6 is 0 Å². The Bertz CT molecular complexity index is 801. The van der Waals surface area contributed by atoms with Crippen LogP contribution in [-0.4, -0.2) is 18.4 Å². The molecule has 1 fully saturated rings. The molecule has 24 heavy (non-hydrogen) atoms. The van der Waals surface area contributed by atoms with E-state index in [1.54, 1.807) is 17.0 Å². The number of nitrogens with zero attached hydrogens (tertiary/aromatic N) is 1. The van der Waals surface area contributed by atoms with Crippen molar-refractivity contribution in [1.29, 1.82) is 0 Å².